The minimum absolute atomic E-state index is 0.148. The van der Waals surface area contributed by atoms with Crippen molar-refractivity contribution in [3.05, 3.63) is 53.5 Å². The molecular weight excluding hydrogens is 345 g/mol. The van der Waals surface area contributed by atoms with E-state index < -0.39 is 10.0 Å². The summed E-state index contributed by atoms with van der Waals surface area (Å²) in [5.74, 6) is -0.134. The molecule has 0 N–H and O–H groups in total. The Hall–Kier alpha value is -2.06. The summed E-state index contributed by atoms with van der Waals surface area (Å²) in [6.45, 7) is 2.57. The van der Waals surface area contributed by atoms with Crippen LogP contribution < -0.4 is 4.74 Å². The maximum Gasteiger partial charge on any atom is 0.233 e. The molecule has 1 aliphatic rings. The maximum absolute atomic E-state index is 13.0. The highest BCUT2D eigenvalue weighted by Crippen LogP contribution is 2.21. The summed E-state index contributed by atoms with van der Waals surface area (Å²) in [5.41, 5.74) is 1.35. The first-order chi connectivity index (χ1) is 11.9. The molecule has 1 aromatic carbocycles. The van der Waals surface area contributed by atoms with E-state index in [1.54, 1.807) is 12.1 Å². The van der Waals surface area contributed by atoms with Gasteiger partial charge in [-0.05, 0) is 43.5 Å². The van der Waals surface area contributed by atoms with Crippen molar-refractivity contribution in [2.24, 2.45) is 0 Å². The van der Waals surface area contributed by atoms with Gasteiger partial charge in [-0.15, -0.1) is 5.10 Å². The van der Waals surface area contributed by atoms with Crippen LogP contribution in [0.3, 0.4) is 0 Å². The molecule has 2 aromatic rings. The standard InChI is InChI=1S/C17H20FN3O3S/c1-13-4-9-17(20-19-13)24-16-3-2-10-21(11-16)25(22,23)12-14-5-7-15(18)8-6-14/h4-9,16H,2-3,10-12H2,1H3. The van der Waals surface area contributed by atoms with E-state index in [1.807, 2.05) is 6.92 Å². The molecule has 1 saturated heterocycles. The van der Waals surface area contributed by atoms with Gasteiger partial charge in [-0.25, -0.2) is 12.8 Å². The van der Waals surface area contributed by atoms with Crippen LogP contribution in [0.4, 0.5) is 4.39 Å². The van der Waals surface area contributed by atoms with Crippen LogP contribution >= 0.6 is 0 Å². The fourth-order valence-electron chi connectivity index (χ4n) is 2.76. The molecule has 1 aromatic heterocycles. The quantitative estimate of drug-likeness (QED) is 0.813. The lowest BCUT2D eigenvalue weighted by atomic mass is 10.1. The number of sulfonamides is 1. The zero-order valence-electron chi connectivity index (χ0n) is 13.9. The Labute approximate surface area is 146 Å². The summed E-state index contributed by atoms with van der Waals surface area (Å²) < 4.78 is 45.4. The molecule has 6 nitrogen and oxygen atoms in total. The molecule has 0 amide bonds. The first kappa shape index (κ1) is 17.8. The second-order valence-corrected chi connectivity index (χ2v) is 8.10. The number of rotatable bonds is 5. The Morgan fingerprint density at radius 2 is 1.96 bits per heavy atom. The summed E-state index contributed by atoms with van der Waals surface area (Å²) >= 11 is 0. The highest BCUT2D eigenvalue weighted by Gasteiger charge is 2.30. The van der Waals surface area contributed by atoms with Crippen LogP contribution in [-0.2, 0) is 15.8 Å². The Balaban J connectivity index is 1.65. The summed E-state index contributed by atoms with van der Waals surface area (Å²) in [7, 11) is -3.49. The third kappa shape index (κ3) is 4.73. The first-order valence-corrected chi connectivity index (χ1v) is 9.72. The predicted molar refractivity (Wildman–Crippen MR) is 91.0 cm³/mol. The summed E-state index contributed by atoms with van der Waals surface area (Å²) in [6, 6.07) is 9.05. The lowest BCUT2D eigenvalue weighted by Crippen LogP contribution is -2.44. The molecule has 1 unspecified atom stereocenters. The molecule has 0 radical (unpaired) electrons. The van der Waals surface area contributed by atoms with Crippen molar-refractivity contribution in [3.63, 3.8) is 0 Å². The van der Waals surface area contributed by atoms with E-state index in [1.165, 1.54) is 28.6 Å². The zero-order valence-corrected chi connectivity index (χ0v) is 14.7. The Kier molecular flexibility index (Phi) is 5.29. The number of aromatic nitrogens is 2. The van der Waals surface area contributed by atoms with Crippen LogP contribution in [0, 0.1) is 12.7 Å². The van der Waals surface area contributed by atoms with Gasteiger partial charge in [0.05, 0.1) is 18.0 Å². The van der Waals surface area contributed by atoms with Crippen molar-refractivity contribution in [2.75, 3.05) is 13.1 Å². The van der Waals surface area contributed by atoms with Gasteiger partial charge in [0.2, 0.25) is 15.9 Å². The van der Waals surface area contributed by atoms with Crippen LogP contribution in [0.2, 0.25) is 0 Å². The van der Waals surface area contributed by atoms with Gasteiger partial charge in [0, 0.05) is 12.6 Å². The molecule has 0 bridgehead atoms. The van der Waals surface area contributed by atoms with E-state index >= 15 is 0 Å². The maximum atomic E-state index is 13.0. The number of piperidine rings is 1. The van der Waals surface area contributed by atoms with Gasteiger partial charge < -0.3 is 4.74 Å². The Morgan fingerprint density at radius 1 is 1.20 bits per heavy atom. The minimum atomic E-state index is -3.49. The van der Waals surface area contributed by atoms with Crippen molar-refractivity contribution in [3.8, 4) is 5.88 Å². The van der Waals surface area contributed by atoms with Crippen molar-refractivity contribution >= 4 is 10.0 Å². The Bertz CT molecular complexity index is 810. The van der Waals surface area contributed by atoms with Gasteiger partial charge in [0.25, 0.3) is 0 Å². The molecule has 1 aliphatic heterocycles. The highest BCUT2D eigenvalue weighted by atomic mass is 32.2. The van der Waals surface area contributed by atoms with Gasteiger partial charge in [0.15, 0.2) is 0 Å². The number of halogens is 1. The molecule has 0 spiro atoms. The van der Waals surface area contributed by atoms with E-state index in [9.17, 15) is 12.8 Å². The average molecular weight is 365 g/mol. The van der Waals surface area contributed by atoms with Crippen LogP contribution in [-0.4, -0.2) is 42.1 Å². The van der Waals surface area contributed by atoms with Crippen LogP contribution in [0.25, 0.3) is 0 Å². The fraction of sp³-hybridized carbons (Fsp3) is 0.412. The van der Waals surface area contributed by atoms with Crippen molar-refractivity contribution in [2.45, 2.75) is 31.6 Å². The summed E-state index contributed by atoms with van der Waals surface area (Å²) in [5, 5.41) is 7.90. The third-order valence-electron chi connectivity index (χ3n) is 4.06. The number of benzene rings is 1. The van der Waals surface area contributed by atoms with Crippen LogP contribution in [0.1, 0.15) is 24.1 Å². The van der Waals surface area contributed by atoms with Crippen LogP contribution in [0.5, 0.6) is 5.88 Å². The lowest BCUT2D eigenvalue weighted by molar-refractivity contribution is 0.123. The van der Waals surface area contributed by atoms with Gasteiger partial charge >= 0.3 is 0 Å². The van der Waals surface area contributed by atoms with Crippen molar-refractivity contribution in [1.29, 1.82) is 0 Å². The Morgan fingerprint density at radius 3 is 2.64 bits per heavy atom. The van der Waals surface area contributed by atoms with Gasteiger partial charge in [0.1, 0.15) is 11.9 Å². The van der Waals surface area contributed by atoms with Gasteiger partial charge in [-0.2, -0.15) is 9.40 Å². The topological polar surface area (TPSA) is 72.4 Å². The zero-order chi connectivity index (χ0) is 17.9. The van der Waals surface area contributed by atoms with E-state index in [2.05, 4.69) is 10.2 Å². The van der Waals surface area contributed by atoms with Crippen LogP contribution in [0.15, 0.2) is 36.4 Å². The smallest absolute Gasteiger partial charge is 0.233 e. The van der Waals surface area contributed by atoms with E-state index in [0.29, 0.717) is 24.4 Å². The van der Waals surface area contributed by atoms with Gasteiger partial charge in [-0.1, -0.05) is 12.1 Å². The van der Waals surface area contributed by atoms with E-state index in [-0.39, 0.29) is 24.2 Å². The lowest BCUT2D eigenvalue weighted by Gasteiger charge is -2.31. The molecule has 1 fully saturated rings. The summed E-state index contributed by atoms with van der Waals surface area (Å²) in [4.78, 5) is 0. The number of nitrogens with zero attached hydrogens (tertiary/aromatic N) is 3. The van der Waals surface area contributed by atoms with Gasteiger partial charge in [-0.3, -0.25) is 0 Å². The average Bonchev–Trinajstić information content (AvgIpc) is 2.59. The number of ether oxygens (including phenoxy) is 1. The molecule has 2 heterocycles. The second kappa shape index (κ2) is 7.45. The van der Waals surface area contributed by atoms with Crippen molar-refractivity contribution < 1.29 is 17.5 Å². The second-order valence-electron chi connectivity index (χ2n) is 6.14. The molecule has 25 heavy (non-hydrogen) atoms. The SMILES string of the molecule is Cc1ccc(OC2CCCN(S(=O)(=O)Cc3ccc(F)cc3)C2)nn1. The molecule has 0 aliphatic carbocycles. The highest BCUT2D eigenvalue weighted by molar-refractivity contribution is 7.88. The minimum Gasteiger partial charge on any atom is -0.472 e. The molecule has 3 rings (SSSR count). The van der Waals surface area contributed by atoms with E-state index in [0.717, 1.165) is 12.1 Å². The fourth-order valence-corrected chi connectivity index (χ4v) is 4.35. The predicted octanol–water partition coefficient (Wildman–Crippen LogP) is 2.30. The number of hydrogen-bond acceptors (Lipinski definition) is 5. The third-order valence-corrected chi connectivity index (χ3v) is 5.87. The van der Waals surface area contributed by atoms with Crippen molar-refractivity contribution in [1.82, 2.24) is 14.5 Å². The molecule has 134 valence electrons. The molecular formula is C17H20FN3O3S. The summed E-state index contributed by atoms with van der Waals surface area (Å²) in [6.07, 6.45) is 1.22. The molecule has 0 saturated carbocycles. The van der Waals surface area contributed by atoms with E-state index in [4.69, 9.17) is 4.74 Å². The normalized spacial score (nSPS) is 18.9. The molecule has 8 heteroatoms. The number of aryl methyl sites for hydroxylation is 1. The first-order valence-electron chi connectivity index (χ1n) is 8.12. The largest absolute Gasteiger partial charge is 0.472 e. The molecule has 1 atom stereocenters. The monoisotopic (exact) mass is 365 g/mol. The number of hydrogen-bond donors (Lipinski definition) is 0.